The number of ether oxygens (including phenoxy) is 1. The van der Waals surface area contributed by atoms with Crippen LogP contribution in [0.4, 0.5) is 0 Å². The van der Waals surface area contributed by atoms with Gasteiger partial charge in [-0.05, 0) is 30.9 Å². The maximum atomic E-state index is 10.6. The Morgan fingerprint density at radius 2 is 1.76 bits per heavy atom. The zero-order chi connectivity index (χ0) is 15.6. The number of rotatable bonds is 6. The molecular formula is C17H25NO3. The van der Waals surface area contributed by atoms with E-state index in [-0.39, 0.29) is 12.2 Å². The molecule has 0 spiro atoms. The molecule has 21 heavy (non-hydrogen) atoms. The molecule has 0 aromatic heterocycles. The fourth-order valence-corrected chi connectivity index (χ4v) is 2.78. The number of carboxylic acids is 1. The minimum absolute atomic E-state index is 0.220. The Bertz CT molecular complexity index is 489. The maximum Gasteiger partial charge on any atom is 0.329 e. The fourth-order valence-electron chi connectivity index (χ4n) is 2.78. The smallest absolute Gasteiger partial charge is 0.329 e. The number of likely N-dealkylation sites (tertiary alicyclic amines) is 1. The number of carboxylic acid groups (broad SMARTS) is 1. The highest BCUT2D eigenvalue weighted by Crippen LogP contribution is 2.33. The third-order valence-electron chi connectivity index (χ3n) is 4.25. The summed E-state index contributed by atoms with van der Waals surface area (Å²) < 4.78 is 5.45. The van der Waals surface area contributed by atoms with E-state index >= 15 is 0 Å². The monoisotopic (exact) mass is 291 g/mol. The molecule has 0 amide bonds. The Kier molecular flexibility index (Phi) is 4.69. The molecule has 1 N–H and O–H groups in total. The van der Waals surface area contributed by atoms with Crippen molar-refractivity contribution in [1.29, 1.82) is 0 Å². The molecule has 1 heterocycles. The number of benzene rings is 1. The van der Waals surface area contributed by atoms with E-state index in [1.165, 1.54) is 11.1 Å². The summed E-state index contributed by atoms with van der Waals surface area (Å²) in [7, 11) is 0. The number of aliphatic carboxylic acids is 1. The zero-order valence-corrected chi connectivity index (χ0v) is 13.3. The highest BCUT2D eigenvalue weighted by Gasteiger charge is 2.42. The van der Waals surface area contributed by atoms with E-state index in [0.717, 1.165) is 13.1 Å². The van der Waals surface area contributed by atoms with Crippen LogP contribution < -0.4 is 0 Å². The number of hydrogen-bond donors (Lipinski definition) is 1. The minimum atomic E-state index is -0.910. The largest absolute Gasteiger partial charge is 0.480 e. The lowest BCUT2D eigenvalue weighted by molar-refractivity contribution is -0.169. The first-order chi connectivity index (χ1) is 9.81. The van der Waals surface area contributed by atoms with Gasteiger partial charge in [0, 0.05) is 19.1 Å². The van der Waals surface area contributed by atoms with Crippen molar-refractivity contribution in [3.8, 4) is 0 Å². The third-order valence-corrected chi connectivity index (χ3v) is 4.25. The quantitative estimate of drug-likeness (QED) is 0.875. The summed E-state index contributed by atoms with van der Waals surface area (Å²) in [6.07, 6.45) is 0. The molecule has 1 aromatic rings. The van der Waals surface area contributed by atoms with Gasteiger partial charge in [-0.2, -0.15) is 0 Å². The van der Waals surface area contributed by atoms with Crippen molar-refractivity contribution in [3.63, 3.8) is 0 Å². The molecule has 1 atom stereocenters. The molecule has 0 bridgehead atoms. The van der Waals surface area contributed by atoms with Crippen LogP contribution in [0.3, 0.4) is 0 Å². The summed E-state index contributed by atoms with van der Waals surface area (Å²) in [6, 6.07) is 9.08. The molecule has 0 saturated carbocycles. The second-order valence-corrected chi connectivity index (χ2v) is 6.53. The van der Waals surface area contributed by atoms with Crippen molar-refractivity contribution < 1.29 is 14.6 Å². The second-order valence-electron chi connectivity index (χ2n) is 6.53. The van der Waals surface area contributed by atoms with Crippen LogP contribution in [-0.4, -0.2) is 41.3 Å². The van der Waals surface area contributed by atoms with Crippen LogP contribution in [0.5, 0.6) is 0 Å². The first-order valence-electron chi connectivity index (χ1n) is 7.50. The summed E-state index contributed by atoms with van der Waals surface area (Å²) in [6.45, 7) is 9.86. The van der Waals surface area contributed by atoms with Crippen molar-refractivity contribution in [2.45, 2.75) is 45.3 Å². The molecule has 4 heteroatoms. The Labute approximate surface area is 126 Å². The van der Waals surface area contributed by atoms with Gasteiger partial charge in [-0.25, -0.2) is 4.79 Å². The molecule has 1 saturated heterocycles. The molecule has 1 unspecified atom stereocenters. The van der Waals surface area contributed by atoms with Crippen molar-refractivity contribution >= 4 is 5.97 Å². The lowest BCUT2D eigenvalue weighted by atomic mass is 9.91. The van der Waals surface area contributed by atoms with Gasteiger partial charge in [-0.1, -0.05) is 38.1 Å². The predicted molar refractivity (Wildman–Crippen MR) is 82.5 cm³/mol. The molecular weight excluding hydrogens is 266 g/mol. The van der Waals surface area contributed by atoms with E-state index in [1.54, 1.807) is 0 Å². The van der Waals surface area contributed by atoms with Gasteiger partial charge in [0.25, 0.3) is 0 Å². The van der Waals surface area contributed by atoms with E-state index in [4.69, 9.17) is 9.84 Å². The first kappa shape index (κ1) is 16.0. The highest BCUT2D eigenvalue weighted by atomic mass is 16.5. The van der Waals surface area contributed by atoms with Crippen molar-refractivity contribution in [2.24, 2.45) is 0 Å². The van der Waals surface area contributed by atoms with Crippen LogP contribution in [-0.2, 0) is 9.53 Å². The topological polar surface area (TPSA) is 49.8 Å². The van der Waals surface area contributed by atoms with Gasteiger partial charge in [0.1, 0.15) is 6.61 Å². The summed E-state index contributed by atoms with van der Waals surface area (Å²) >= 11 is 0. The third kappa shape index (κ3) is 3.83. The molecule has 1 aromatic carbocycles. The maximum absolute atomic E-state index is 10.6. The molecule has 1 aliphatic heterocycles. The van der Waals surface area contributed by atoms with E-state index in [9.17, 15) is 4.79 Å². The summed E-state index contributed by atoms with van der Waals surface area (Å²) in [5.74, 6) is -0.363. The standard InChI is InChI=1S/C17H25NO3/c1-12(2)14-5-7-15(8-6-14)13(3)18-10-17(4,11-18)21-9-16(19)20/h5-8,12-13H,9-11H2,1-4H3,(H,19,20). The Hall–Kier alpha value is -1.39. The number of hydrogen-bond acceptors (Lipinski definition) is 3. The molecule has 4 nitrogen and oxygen atoms in total. The predicted octanol–water partition coefficient (Wildman–Crippen LogP) is 3.05. The van der Waals surface area contributed by atoms with Gasteiger partial charge >= 0.3 is 5.97 Å². The van der Waals surface area contributed by atoms with Crippen LogP contribution in [0.15, 0.2) is 24.3 Å². The van der Waals surface area contributed by atoms with Gasteiger partial charge in [-0.3, -0.25) is 4.90 Å². The SMILES string of the molecule is CC(C)c1ccc(C(C)N2CC(C)(OCC(=O)O)C2)cc1. The van der Waals surface area contributed by atoms with Gasteiger partial charge in [0.2, 0.25) is 0 Å². The number of carbonyl (C=O) groups is 1. The van der Waals surface area contributed by atoms with E-state index in [2.05, 4.69) is 49.9 Å². The highest BCUT2D eigenvalue weighted by molar-refractivity contribution is 5.68. The molecule has 1 fully saturated rings. The normalized spacial score (nSPS) is 19.3. The lowest BCUT2D eigenvalue weighted by Crippen LogP contribution is -2.62. The molecule has 2 rings (SSSR count). The first-order valence-corrected chi connectivity index (χ1v) is 7.50. The summed E-state index contributed by atoms with van der Waals surface area (Å²) in [4.78, 5) is 12.9. The average molecular weight is 291 g/mol. The summed E-state index contributed by atoms with van der Waals surface area (Å²) in [5, 5.41) is 8.68. The van der Waals surface area contributed by atoms with Crippen LogP contribution in [0.1, 0.15) is 50.8 Å². The van der Waals surface area contributed by atoms with E-state index in [1.807, 2.05) is 6.92 Å². The Morgan fingerprint density at radius 1 is 1.24 bits per heavy atom. The minimum Gasteiger partial charge on any atom is -0.480 e. The van der Waals surface area contributed by atoms with Crippen LogP contribution >= 0.6 is 0 Å². The van der Waals surface area contributed by atoms with Crippen molar-refractivity contribution in [2.75, 3.05) is 19.7 Å². The fraction of sp³-hybridized carbons (Fsp3) is 0.588. The average Bonchev–Trinajstić information content (AvgIpc) is 2.41. The summed E-state index contributed by atoms with van der Waals surface area (Å²) in [5.41, 5.74) is 2.31. The zero-order valence-electron chi connectivity index (χ0n) is 13.3. The van der Waals surface area contributed by atoms with E-state index < -0.39 is 5.97 Å². The molecule has 116 valence electrons. The Morgan fingerprint density at radius 3 is 2.24 bits per heavy atom. The Balaban J connectivity index is 1.91. The van der Waals surface area contributed by atoms with Crippen molar-refractivity contribution in [1.82, 2.24) is 4.90 Å². The molecule has 0 aliphatic carbocycles. The van der Waals surface area contributed by atoms with Crippen LogP contribution in [0.2, 0.25) is 0 Å². The van der Waals surface area contributed by atoms with Gasteiger partial charge in [0.05, 0.1) is 5.60 Å². The second kappa shape index (κ2) is 6.16. The van der Waals surface area contributed by atoms with E-state index in [0.29, 0.717) is 12.0 Å². The molecule has 0 radical (unpaired) electrons. The lowest BCUT2D eigenvalue weighted by Gasteiger charge is -2.50. The molecule has 1 aliphatic rings. The van der Waals surface area contributed by atoms with Gasteiger partial charge < -0.3 is 9.84 Å². The van der Waals surface area contributed by atoms with Crippen molar-refractivity contribution in [3.05, 3.63) is 35.4 Å². The number of nitrogens with zero attached hydrogens (tertiary/aromatic N) is 1. The van der Waals surface area contributed by atoms with Crippen LogP contribution in [0, 0.1) is 0 Å². The van der Waals surface area contributed by atoms with Gasteiger partial charge in [0.15, 0.2) is 0 Å². The van der Waals surface area contributed by atoms with Crippen LogP contribution in [0.25, 0.3) is 0 Å². The van der Waals surface area contributed by atoms with Gasteiger partial charge in [-0.15, -0.1) is 0 Å².